The molecule has 4 heteroatoms. The summed E-state index contributed by atoms with van der Waals surface area (Å²) in [5.74, 6) is -0.0998. The number of imidazole rings is 1. The highest BCUT2D eigenvalue weighted by atomic mass is 16.5. The minimum atomic E-state index is -0.407. The molecule has 100 valence electrons. The molecule has 0 unspecified atom stereocenters. The second-order valence-corrected chi connectivity index (χ2v) is 4.33. The Kier molecular flexibility index (Phi) is 3.21. The van der Waals surface area contributed by atoms with Gasteiger partial charge in [0.25, 0.3) is 0 Å². The molecule has 0 aliphatic rings. The molecular formula is C16H14N2O2. The average molecular weight is 266 g/mol. The normalized spacial score (nSPS) is 10.7. The van der Waals surface area contributed by atoms with E-state index < -0.39 is 5.97 Å². The van der Waals surface area contributed by atoms with Crippen molar-refractivity contribution >= 4 is 11.5 Å². The van der Waals surface area contributed by atoms with E-state index in [1.165, 1.54) is 0 Å². The zero-order valence-electron chi connectivity index (χ0n) is 11.1. The van der Waals surface area contributed by atoms with E-state index in [1.807, 2.05) is 54.7 Å². The number of hydrogen-bond acceptors (Lipinski definition) is 3. The van der Waals surface area contributed by atoms with E-state index in [0.29, 0.717) is 12.4 Å². The van der Waals surface area contributed by atoms with Gasteiger partial charge in [-0.3, -0.25) is 4.40 Å². The summed E-state index contributed by atoms with van der Waals surface area (Å²) in [5, 5.41) is 0. The fourth-order valence-electron chi connectivity index (χ4n) is 2.19. The van der Waals surface area contributed by atoms with Crippen LogP contribution in [0, 0.1) is 0 Å². The molecule has 0 saturated heterocycles. The van der Waals surface area contributed by atoms with Crippen molar-refractivity contribution in [2.75, 3.05) is 6.61 Å². The SMILES string of the molecule is CCOC(=O)c1nc(-c2ccccc2)c2ccccn12. The molecule has 2 aromatic heterocycles. The molecule has 2 heterocycles. The van der Waals surface area contributed by atoms with E-state index >= 15 is 0 Å². The zero-order valence-corrected chi connectivity index (χ0v) is 11.1. The summed E-state index contributed by atoms with van der Waals surface area (Å²) in [6.07, 6.45) is 1.82. The predicted molar refractivity (Wildman–Crippen MR) is 76.6 cm³/mol. The van der Waals surface area contributed by atoms with Crippen LogP contribution in [0.2, 0.25) is 0 Å². The lowest BCUT2D eigenvalue weighted by Gasteiger charge is -2.00. The van der Waals surface area contributed by atoms with E-state index in [4.69, 9.17) is 4.74 Å². The molecule has 0 aliphatic carbocycles. The first-order chi connectivity index (χ1) is 9.81. The van der Waals surface area contributed by atoms with Gasteiger partial charge < -0.3 is 4.74 Å². The van der Waals surface area contributed by atoms with Crippen molar-refractivity contribution in [1.82, 2.24) is 9.38 Å². The molecule has 0 saturated carbocycles. The molecule has 0 radical (unpaired) electrons. The molecule has 0 atom stereocenters. The number of aromatic nitrogens is 2. The number of ether oxygens (including phenoxy) is 1. The molecule has 0 bridgehead atoms. The number of carbonyl (C=O) groups is 1. The van der Waals surface area contributed by atoms with Crippen LogP contribution in [-0.2, 0) is 4.74 Å². The molecule has 0 aliphatic heterocycles. The largest absolute Gasteiger partial charge is 0.460 e. The second kappa shape index (κ2) is 5.17. The van der Waals surface area contributed by atoms with Gasteiger partial charge in [-0.25, -0.2) is 9.78 Å². The van der Waals surface area contributed by atoms with Gasteiger partial charge in [0, 0.05) is 11.8 Å². The van der Waals surface area contributed by atoms with Crippen molar-refractivity contribution in [1.29, 1.82) is 0 Å². The van der Waals surface area contributed by atoms with Gasteiger partial charge >= 0.3 is 5.97 Å². The van der Waals surface area contributed by atoms with Crippen LogP contribution < -0.4 is 0 Å². The highest BCUT2D eigenvalue weighted by Gasteiger charge is 2.18. The lowest BCUT2D eigenvalue weighted by Crippen LogP contribution is -2.09. The molecular weight excluding hydrogens is 252 g/mol. The maximum absolute atomic E-state index is 12.0. The van der Waals surface area contributed by atoms with E-state index in [-0.39, 0.29) is 0 Å². The van der Waals surface area contributed by atoms with Gasteiger partial charge in [-0.15, -0.1) is 0 Å². The van der Waals surface area contributed by atoms with Crippen LogP contribution >= 0.6 is 0 Å². The van der Waals surface area contributed by atoms with Crippen LogP contribution in [0.1, 0.15) is 17.5 Å². The van der Waals surface area contributed by atoms with Gasteiger partial charge in [-0.1, -0.05) is 36.4 Å². The summed E-state index contributed by atoms with van der Waals surface area (Å²) in [7, 11) is 0. The summed E-state index contributed by atoms with van der Waals surface area (Å²) in [6, 6.07) is 15.5. The first-order valence-electron chi connectivity index (χ1n) is 6.51. The quantitative estimate of drug-likeness (QED) is 0.684. The van der Waals surface area contributed by atoms with Crippen molar-refractivity contribution in [3.63, 3.8) is 0 Å². The van der Waals surface area contributed by atoms with Crippen LogP contribution in [-0.4, -0.2) is 22.0 Å². The Morgan fingerprint density at radius 1 is 1.15 bits per heavy atom. The minimum Gasteiger partial charge on any atom is -0.460 e. The Morgan fingerprint density at radius 3 is 2.65 bits per heavy atom. The summed E-state index contributed by atoms with van der Waals surface area (Å²) < 4.78 is 6.83. The third-order valence-corrected chi connectivity index (χ3v) is 3.05. The third-order valence-electron chi connectivity index (χ3n) is 3.05. The Labute approximate surface area is 116 Å². The molecule has 0 spiro atoms. The molecule has 0 fully saturated rings. The number of esters is 1. The number of nitrogens with zero attached hydrogens (tertiary/aromatic N) is 2. The number of rotatable bonds is 3. The highest BCUT2D eigenvalue weighted by molar-refractivity contribution is 5.90. The van der Waals surface area contributed by atoms with Crippen LogP contribution in [0.4, 0.5) is 0 Å². The van der Waals surface area contributed by atoms with Gasteiger partial charge in [-0.2, -0.15) is 0 Å². The number of benzene rings is 1. The van der Waals surface area contributed by atoms with E-state index in [9.17, 15) is 4.79 Å². The van der Waals surface area contributed by atoms with Crippen molar-refractivity contribution in [3.05, 3.63) is 60.6 Å². The molecule has 4 nitrogen and oxygen atoms in total. The average Bonchev–Trinajstić information content (AvgIpc) is 2.88. The van der Waals surface area contributed by atoms with Crippen molar-refractivity contribution in [2.24, 2.45) is 0 Å². The molecule has 0 N–H and O–H groups in total. The Bertz CT molecular complexity index is 748. The highest BCUT2D eigenvalue weighted by Crippen LogP contribution is 2.24. The van der Waals surface area contributed by atoms with E-state index in [2.05, 4.69) is 4.98 Å². The molecule has 1 aromatic carbocycles. The first-order valence-corrected chi connectivity index (χ1v) is 6.51. The van der Waals surface area contributed by atoms with E-state index in [0.717, 1.165) is 16.8 Å². The van der Waals surface area contributed by atoms with Gasteiger partial charge in [0.2, 0.25) is 5.82 Å². The summed E-state index contributed by atoms with van der Waals surface area (Å²) in [6.45, 7) is 2.12. The topological polar surface area (TPSA) is 43.6 Å². The maximum Gasteiger partial charge on any atom is 0.374 e. The van der Waals surface area contributed by atoms with Gasteiger partial charge in [0.1, 0.15) is 0 Å². The Balaban J connectivity index is 2.22. The Hall–Kier alpha value is -2.62. The summed E-state index contributed by atoms with van der Waals surface area (Å²) in [5.41, 5.74) is 2.66. The lowest BCUT2D eigenvalue weighted by molar-refractivity contribution is 0.0511. The van der Waals surface area contributed by atoms with Crippen LogP contribution in [0.15, 0.2) is 54.7 Å². The van der Waals surface area contributed by atoms with Gasteiger partial charge in [-0.05, 0) is 19.1 Å². The Morgan fingerprint density at radius 2 is 1.90 bits per heavy atom. The molecule has 20 heavy (non-hydrogen) atoms. The van der Waals surface area contributed by atoms with Gasteiger partial charge in [0.15, 0.2) is 0 Å². The second-order valence-electron chi connectivity index (χ2n) is 4.33. The molecule has 3 rings (SSSR count). The van der Waals surface area contributed by atoms with Crippen molar-refractivity contribution < 1.29 is 9.53 Å². The fraction of sp³-hybridized carbons (Fsp3) is 0.125. The van der Waals surface area contributed by atoms with Crippen LogP contribution in [0.5, 0.6) is 0 Å². The summed E-state index contributed by atoms with van der Waals surface area (Å²) >= 11 is 0. The number of pyridine rings is 1. The molecule has 3 aromatic rings. The number of carbonyl (C=O) groups excluding carboxylic acids is 1. The first kappa shape index (κ1) is 12.4. The fourth-order valence-corrected chi connectivity index (χ4v) is 2.19. The smallest absolute Gasteiger partial charge is 0.374 e. The van der Waals surface area contributed by atoms with Crippen molar-refractivity contribution in [2.45, 2.75) is 6.92 Å². The van der Waals surface area contributed by atoms with Crippen molar-refractivity contribution in [3.8, 4) is 11.3 Å². The monoisotopic (exact) mass is 266 g/mol. The third kappa shape index (κ3) is 2.05. The van der Waals surface area contributed by atoms with E-state index in [1.54, 1.807) is 11.3 Å². The predicted octanol–water partition coefficient (Wildman–Crippen LogP) is 3.18. The zero-order chi connectivity index (χ0) is 13.9. The van der Waals surface area contributed by atoms with Crippen LogP contribution in [0.3, 0.4) is 0 Å². The lowest BCUT2D eigenvalue weighted by atomic mass is 10.1. The summed E-state index contributed by atoms with van der Waals surface area (Å²) in [4.78, 5) is 16.5. The molecule has 0 amide bonds. The number of fused-ring (bicyclic) bond motifs is 1. The van der Waals surface area contributed by atoms with Gasteiger partial charge in [0.05, 0.1) is 17.8 Å². The minimum absolute atomic E-state index is 0.307. The standard InChI is InChI=1S/C16H14N2O2/c1-2-20-16(19)15-17-14(12-8-4-3-5-9-12)13-10-6-7-11-18(13)15/h3-11H,2H2,1H3. The number of hydrogen-bond donors (Lipinski definition) is 0. The maximum atomic E-state index is 12.0. The van der Waals surface area contributed by atoms with Crippen LogP contribution in [0.25, 0.3) is 16.8 Å².